The van der Waals surface area contributed by atoms with Crippen LogP contribution in [-0.4, -0.2) is 92.3 Å². The Morgan fingerprint density at radius 3 is 2.33 bits per heavy atom. The number of rotatable bonds is 2. The molecule has 2 unspecified atom stereocenters. The van der Waals surface area contributed by atoms with Crippen LogP contribution in [0.4, 0.5) is 0 Å². The number of fused-ring (bicyclic) bond motifs is 9. The third kappa shape index (κ3) is 2.64. The minimum absolute atomic E-state index is 0.148. The Kier molecular flexibility index (Phi) is 5.16. The highest BCUT2D eigenvalue weighted by Crippen LogP contribution is 2.80. The zero-order valence-corrected chi connectivity index (χ0v) is 24.9. The summed E-state index contributed by atoms with van der Waals surface area (Å²) >= 11 is 0. The van der Waals surface area contributed by atoms with Gasteiger partial charge in [0, 0.05) is 18.3 Å². The second-order valence-corrected chi connectivity index (χ2v) is 15.5. The maximum Gasteiger partial charge on any atom is 0.341 e. The number of esters is 2. The summed E-state index contributed by atoms with van der Waals surface area (Å²) in [6.07, 6.45) is -3.98. The first-order chi connectivity index (χ1) is 19.5. The average Bonchev–Trinajstić information content (AvgIpc) is 3.79. The van der Waals surface area contributed by atoms with Crippen LogP contribution in [0.15, 0.2) is 0 Å². The normalized spacial score (nSPS) is 64.9. The Bertz CT molecular complexity index is 1300. The van der Waals surface area contributed by atoms with E-state index in [-0.39, 0.29) is 42.5 Å². The molecule has 42 heavy (non-hydrogen) atoms. The molecule has 1 spiro atoms. The van der Waals surface area contributed by atoms with Crippen molar-refractivity contribution in [2.45, 2.75) is 115 Å². The fourth-order valence-electron chi connectivity index (χ4n) is 12.7. The Hall–Kier alpha value is -1.63. The molecule has 0 bridgehead atoms. The van der Waals surface area contributed by atoms with Gasteiger partial charge in [0.2, 0.25) is 5.79 Å². The van der Waals surface area contributed by atoms with Crippen molar-refractivity contribution in [3.8, 4) is 0 Å². The van der Waals surface area contributed by atoms with E-state index in [0.717, 1.165) is 0 Å². The summed E-state index contributed by atoms with van der Waals surface area (Å²) in [4.78, 5) is 39.6. The van der Waals surface area contributed by atoms with Crippen molar-refractivity contribution in [3.63, 3.8) is 0 Å². The van der Waals surface area contributed by atoms with Gasteiger partial charge in [-0.15, -0.1) is 0 Å². The van der Waals surface area contributed by atoms with Crippen molar-refractivity contribution in [3.05, 3.63) is 0 Å². The van der Waals surface area contributed by atoms with Crippen molar-refractivity contribution in [2.75, 3.05) is 0 Å². The second-order valence-electron chi connectivity index (χ2n) is 15.5. The van der Waals surface area contributed by atoms with Crippen molar-refractivity contribution >= 4 is 17.7 Å². The fraction of sp³-hybridized carbons (Fsp3) is 0.903. The van der Waals surface area contributed by atoms with Gasteiger partial charge in [0.05, 0.1) is 35.2 Å². The smallest absolute Gasteiger partial charge is 0.341 e. The molecular weight excluding hydrogens is 548 g/mol. The standard InChI is InChI=1S/C31H42O11/c1-10-19-21(28(5)29(6,38)26(37)42-31(28)25(10)41-31)22(35)20-18-14(9-17(27(19,20)4)39-12(3)33)30(11(2)32)13(7-15(18)34)8-16-23(40-16)24(30)36/h10,13-25,34-36,38H,7-9H2,1-6H3/t10-,13-,14?,15-,16-,17-,18?,19-,20+,21-,22+,23-,24-,25+,27+,28-,29+,30-,31-/m0/s1. The highest BCUT2D eigenvalue weighted by atomic mass is 16.8. The highest BCUT2D eigenvalue weighted by molar-refractivity contribution is 5.85. The predicted molar refractivity (Wildman–Crippen MR) is 140 cm³/mol. The molecule has 232 valence electrons. The zero-order chi connectivity index (χ0) is 30.3. The highest BCUT2D eigenvalue weighted by Gasteiger charge is 2.92. The van der Waals surface area contributed by atoms with E-state index in [2.05, 4.69) is 0 Å². The monoisotopic (exact) mass is 590 g/mol. The number of ether oxygens (including phenoxy) is 4. The van der Waals surface area contributed by atoms with E-state index in [1.807, 2.05) is 13.8 Å². The summed E-state index contributed by atoms with van der Waals surface area (Å²) in [7, 11) is 0. The summed E-state index contributed by atoms with van der Waals surface area (Å²) < 4.78 is 23.8. The predicted octanol–water partition coefficient (Wildman–Crippen LogP) is 0.331. The first-order valence-electron chi connectivity index (χ1n) is 15.5. The topological polar surface area (TPSA) is 176 Å². The van der Waals surface area contributed by atoms with Gasteiger partial charge in [-0.3, -0.25) is 9.59 Å². The minimum atomic E-state index is -1.97. The van der Waals surface area contributed by atoms with E-state index < -0.39 is 99.9 Å². The van der Waals surface area contributed by atoms with Crippen LogP contribution in [0.1, 0.15) is 60.8 Å². The third-order valence-corrected chi connectivity index (χ3v) is 14.4. The molecule has 3 saturated heterocycles. The number of carbonyl (C=O) groups is 3. The molecule has 8 rings (SSSR count). The molecule has 11 heteroatoms. The molecule has 0 radical (unpaired) electrons. The van der Waals surface area contributed by atoms with Gasteiger partial charge in [0.25, 0.3) is 0 Å². The lowest BCUT2D eigenvalue weighted by Gasteiger charge is -2.64. The molecule has 0 amide bonds. The summed E-state index contributed by atoms with van der Waals surface area (Å²) in [5.74, 6) is -6.43. The molecule has 0 aromatic heterocycles. The Labute approximate surface area is 244 Å². The van der Waals surface area contributed by atoms with E-state index >= 15 is 0 Å². The molecule has 0 aromatic rings. The molecule has 8 aliphatic rings. The number of epoxide rings is 2. The van der Waals surface area contributed by atoms with Gasteiger partial charge in [-0.25, -0.2) is 4.79 Å². The number of hydrogen-bond acceptors (Lipinski definition) is 11. The van der Waals surface area contributed by atoms with Gasteiger partial charge in [0.1, 0.15) is 24.1 Å². The van der Waals surface area contributed by atoms with Crippen molar-refractivity contribution < 1.29 is 53.8 Å². The van der Waals surface area contributed by atoms with Crippen molar-refractivity contribution in [1.29, 1.82) is 0 Å². The van der Waals surface area contributed by atoms with Crippen molar-refractivity contribution in [2.24, 2.45) is 57.7 Å². The first-order valence-corrected chi connectivity index (χ1v) is 15.5. The maximum absolute atomic E-state index is 13.8. The molecule has 3 aliphatic heterocycles. The summed E-state index contributed by atoms with van der Waals surface area (Å²) in [6, 6.07) is 0. The van der Waals surface area contributed by atoms with Gasteiger partial charge < -0.3 is 39.4 Å². The molecule has 19 atom stereocenters. The lowest BCUT2D eigenvalue weighted by Crippen LogP contribution is -2.69. The molecule has 11 nitrogen and oxygen atoms in total. The SMILES string of the molecule is CC(=O)O[C@H]1CC2C([C@@H]3[C@@H](O)[C@@H]4[C@H]([C@H](C)[C@H]5O[C@]56OC(=O)[C@@](C)(O)[C@]46C)[C@@]13C)[C@@H](O)C[C@H]1C[C@@H]3O[C@@H]3[C@H](O)[C@]21C(C)=O. The average molecular weight is 591 g/mol. The van der Waals surface area contributed by atoms with Crippen LogP contribution >= 0.6 is 0 Å². The van der Waals surface area contributed by atoms with Gasteiger partial charge in [-0.05, 0) is 75.5 Å². The van der Waals surface area contributed by atoms with Crippen LogP contribution < -0.4 is 0 Å². The number of aliphatic hydroxyl groups excluding tert-OH is 3. The van der Waals surface area contributed by atoms with Crippen LogP contribution in [0.3, 0.4) is 0 Å². The Balaban J connectivity index is 1.33. The number of carbonyl (C=O) groups excluding carboxylic acids is 3. The van der Waals surface area contributed by atoms with Crippen LogP contribution in [0.25, 0.3) is 0 Å². The molecule has 4 N–H and O–H groups in total. The van der Waals surface area contributed by atoms with E-state index in [0.29, 0.717) is 6.42 Å². The fourth-order valence-corrected chi connectivity index (χ4v) is 12.7. The molecule has 5 saturated carbocycles. The Morgan fingerprint density at radius 2 is 1.69 bits per heavy atom. The first kappa shape index (κ1) is 27.9. The molecule has 5 aliphatic carbocycles. The molecular formula is C31H42O11. The van der Waals surface area contributed by atoms with Crippen LogP contribution in [0.2, 0.25) is 0 Å². The third-order valence-electron chi connectivity index (χ3n) is 14.4. The second kappa shape index (κ2) is 7.77. The quantitative estimate of drug-likeness (QED) is 0.258. The zero-order valence-electron chi connectivity index (χ0n) is 24.9. The maximum atomic E-state index is 13.8. The van der Waals surface area contributed by atoms with Crippen LogP contribution in [0, 0.1) is 57.7 Å². The summed E-state index contributed by atoms with van der Waals surface area (Å²) in [6.45, 7) is 9.93. The number of hydrogen-bond donors (Lipinski definition) is 4. The van der Waals surface area contributed by atoms with E-state index in [1.165, 1.54) is 20.8 Å². The van der Waals surface area contributed by atoms with Crippen LogP contribution in [0.5, 0.6) is 0 Å². The number of ketones is 1. The molecule has 8 fully saturated rings. The lowest BCUT2D eigenvalue weighted by molar-refractivity contribution is -0.236. The van der Waals surface area contributed by atoms with Gasteiger partial charge in [-0.2, -0.15) is 0 Å². The number of aliphatic hydroxyl groups is 4. The van der Waals surface area contributed by atoms with Crippen LogP contribution in [-0.2, 0) is 33.3 Å². The summed E-state index contributed by atoms with van der Waals surface area (Å²) in [5, 5.41) is 48.0. The van der Waals surface area contributed by atoms with Gasteiger partial charge in [0.15, 0.2) is 5.60 Å². The minimum Gasteiger partial charge on any atom is -0.462 e. The lowest BCUT2D eigenvalue weighted by atomic mass is 9.41. The van der Waals surface area contributed by atoms with Gasteiger partial charge in [-0.1, -0.05) is 13.8 Å². The Morgan fingerprint density at radius 1 is 1.00 bits per heavy atom. The van der Waals surface area contributed by atoms with Gasteiger partial charge >= 0.3 is 11.9 Å². The van der Waals surface area contributed by atoms with E-state index in [9.17, 15) is 34.8 Å². The largest absolute Gasteiger partial charge is 0.462 e. The van der Waals surface area contributed by atoms with E-state index in [4.69, 9.17) is 18.9 Å². The number of Topliss-reactive ketones (excluding diaryl/α,β-unsaturated/α-hetero) is 1. The summed E-state index contributed by atoms with van der Waals surface area (Å²) in [5.41, 5.74) is -5.45. The molecule has 3 heterocycles. The van der Waals surface area contributed by atoms with Crippen molar-refractivity contribution in [1.82, 2.24) is 0 Å². The molecule has 0 aromatic carbocycles. The van der Waals surface area contributed by atoms with E-state index in [1.54, 1.807) is 6.92 Å².